The molecule has 1 unspecified atom stereocenters. The third-order valence-electron chi connectivity index (χ3n) is 0.962. The zero-order valence-electron chi connectivity index (χ0n) is 4.60. The van der Waals surface area contributed by atoms with Crippen molar-refractivity contribution in [2.45, 2.75) is 0 Å². The molecule has 0 radical (unpaired) electrons. The Balaban J connectivity index is 3.01. The first kappa shape index (κ1) is 6.37. The summed E-state index contributed by atoms with van der Waals surface area (Å²) in [6.07, 6.45) is 0. The highest BCUT2D eigenvalue weighted by atomic mass is 31.1. The molecule has 0 N–H and O–H groups in total. The minimum atomic E-state index is -0.490. The average molecular weight is 143 g/mol. The lowest BCUT2D eigenvalue weighted by molar-refractivity contribution is 0.603. The summed E-state index contributed by atoms with van der Waals surface area (Å²) in [4.78, 5) is 0. The summed E-state index contributed by atoms with van der Waals surface area (Å²) in [5, 5.41) is 0.649. The van der Waals surface area contributed by atoms with Gasteiger partial charge >= 0.3 is 8.46 Å². The maximum Gasteiger partial charge on any atom is 0.363 e. The molecule has 0 aromatic heterocycles. The molecular formula is C6H5FOP+. The van der Waals surface area contributed by atoms with E-state index in [1.807, 2.05) is 0 Å². The minimum Gasteiger partial charge on any atom is -0.207 e. The fourth-order valence-electron chi connectivity index (χ4n) is 0.518. The number of rotatable bonds is 1. The lowest BCUT2D eigenvalue weighted by Gasteiger charge is -1.80. The van der Waals surface area contributed by atoms with Crippen LogP contribution in [0.3, 0.4) is 0 Å². The quantitative estimate of drug-likeness (QED) is 0.544. The molecule has 0 bridgehead atoms. The van der Waals surface area contributed by atoms with Crippen LogP contribution in [0.15, 0.2) is 24.3 Å². The van der Waals surface area contributed by atoms with Gasteiger partial charge < -0.3 is 0 Å². The molecule has 0 saturated carbocycles. The maximum absolute atomic E-state index is 12.1. The van der Waals surface area contributed by atoms with Crippen molar-refractivity contribution in [3.05, 3.63) is 30.1 Å². The van der Waals surface area contributed by atoms with Crippen LogP contribution in [0.4, 0.5) is 4.39 Å². The minimum absolute atomic E-state index is 0.294. The van der Waals surface area contributed by atoms with E-state index in [-0.39, 0.29) is 5.82 Å². The molecule has 0 heterocycles. The highest BCUT2D eigenvalue weighted by molar-refractivity contribution is 7.34. The molecule has 0 saturated heterocycles. The second-order valence-corrected chi connectivity index (χ2v) is 2.39. The monoisotopic (exact) mass is 143 g/mol. The standard InChI is InChI=1S/C6H4FOP/c7-5-1-3-6(9-8)4-2-5/h1-4H/p+1. The first-order valence-corrected chi connectivity index (χ1v) is 3.37. The van der Waals surface area contributed by atoms with Crippen LogP contribution in [0.1, 0.15) is 0 Å². The van der Waals surface area contributed by atoms with E-state index >= 15 is 0 Å². The summed E-state index contributed by atoms with van der Waals surface area (Å²) >= 11 is 0. The van der Waals surface area contributed by atoms with Gasteiger partial charge in [0.25, 0.3) is 0 Å². The molecule has 0 fully saturated rings. The van der Waals surface area contributed by atoms with Crippen LogP contribution in [-0.4, -0.2) is 0 Å². The van der Waals surface area contributed by atoms with Crippen LogP contribution in [0, 0.1) is 5.82 Å². The first-order chi connectivity index (χ1) is 4.33. The van der Waals surface area contributed by atoms with Gasteiger partial charge in [-0.25, -0.2) is 4.39 Å². The molecule has 1 aromatic carbocycles. The molecule has 46 valence electrons. The molecule has 9 heavy (non-hydrogen) atoms. The first-order valence-electron chi connectivity index (χ1n) is 2.46. The molecule has 1 nitrogen and oxygen atoms in total. The predicted octanol–water partition coefficient (Wildman–Crippen LogP) is 1.47. The second-order valence-electron chi connectivity index (χ2n) is 1.61. The van der Waals surface area contributed by atoms with Crippen molar-refractivity contribution < 1.29 is 8.96 Å². The second kappa shape index (κ2) is 2.70. The zero-order chi connectivity index (χ0) is 6.69. The summed E-state index contributed by atoms with van der Waals surface area (Å²) in [6.45, 7) is 0. The molecule has 0 amide bonds. The van der Waals surface area contributed by atoms with E-state index in [0.29, 0.717) is 5.30 Å². The van der Waals surface area contributed by atoms with E-state index in [4.69, 9.17) is 0 Å². The fourth-order valence-corrected chi connectivity index (χ4v) is 0.821. The predicted molar refractivity (Wildman–Crippen MR) is 35.0 cm³/mol. The molecular weight excluding hydrogens is 138 g/mol. The van der Waals surface area contributed by atoms with Crippen LogP contribution in [0.25, 0.3) is 0 Å². The van der Waals surface area contributed by atoms with E-state index in [1.54, 1.807) is 0 Å². The van der Waals surface area contributed by atoms with E-state index in [1.165, 1.54) is 24.3 Å². The van der Waals surface area contributed by atoms with Crippen molar-refractivity contribution in [1.29, 1.82) is 0 Å². The van der Waals surface area contributed by atoms with Crippen LogP contribution in [0.2, 0.25) is 0 Å². The molecule has 1 rings (SSSR count). The third kappa shape index (κ3) is 1.58. The highest BCUT2D eigenvalue weighted by Gasteiger charge is 1.96. The van der Waals surface area contributed by atoms with Crippen LogP contribution < -0.4 is 5.30 Å². The van der Waals surface area contributed by atoms with Gasteiger partial charge in [0.05, 0.1) is 0 Å². The lowest BCUT2D eigenvalue weighted by atomic mass is 10.4. The Labute approximate surface area is 53.7 Å². The lowest BCUT2D eigenvalue weighted by Crippen LogP contribution is -1.88. The highest BCUT2D eigenvalue weighted by Crippen LogP contribution is 1.97. The van der Waals surface area contributed by atoms with Gasteiger partial charge in [-0.1, -0.05) is 4.57 Å². The Kier molecular flexibility index (Phi) is 1.91. The summed E-state index contributed by atoms with van der Waals surface area (Å²) in [5.74, 6) is -0.294. The van der Waals surface area contributed by atoms with E-state index in [0.717, 1.165) is 0 Å². The van der Waals surface area contributed by atoms with Gasteiger partial charge in [0.15, 0.2) is 5.30 Å². The van der Waals surface area contributed by atoms with Crippen molar-refractivity contribution in [3.63, 3.8) is 0 Å². The third-order valence-corrected chi connectivity index (χ3v) is 1.53. The van der Waals surface area contributed by atoms with Gasteiger partial charge in [-0.3, -0.25) is 0 Å². The normalized spacial score (nSPS) is 9.89. The van der Waals surface area contributed by atoms with Gasteiger partial charge in [0.2, 0.25) is 0 Å². The van der Waals surface area contributed by atoms with Crippen molar-refractivity contribution in [2.75, 3.05) is 0 Å². The zero-order valence-corrected chi connectivity index (χ0v) is 5.60. The van der Waals surface area contributed by atoms with Crippen molar-refractivity contribution in [3.8, 4) is 0 Å². The Hall–Kier alpha value is -0.750. The smallest absolute Gasteiger partial charge is 0.207 e. The molecule has 1 atom stereocenters. The number of hydrogen-bond acceptors (Lipinski definition) is 1. The maximum atomic E-state index is 12.1. The van der Waals surface area contributed by atoms with Gasteiger partial charge in [0.1, 0.15) is 5.82 Å². The summed E-state index contributed by atoms with van der Waals surface area (Å²) in [5.41, 5.74) is 0. The number of hydrogen-bond donors (Lipinski definition) is 0. The molecule has 0 spiro atoms. The Morgan fingerprint density at radius 2 is 1.78 bits per heavy atom. The molecule has 1 aromatic rings. The Morgan fingerprint density at radius 1 is 1.22 bits per heavy atom. The van der Waals surface area contributed by atoms with Gasteiger partial charge in [0, 0.05) is 0 Å². The van der Waals surface area contributed by atoms with Gasteiger partial charge in [-0.15, -0.1) is 0 Å². The molecule has 0 aliphatic carbocycles. The molecule has 0 aliphatic heterocycles. The SMILES string of the molecule is O=[PH+]c1ccc(F)cc1. The molecule has 3 heteroatoms. The Bertz CT molecular complexity index is 207. The van der Waals surface area contributed by atoms with Crippen molar-refractivity contribution in [1.82, 2.24) is 0 Å². The summed E-state index contributed by atoms with van der Waals surface area (Å²) in [6, 6.07) is 5.59. The summed E-state index contributed by atoms with van der Waals surface area (Å²) < 4.78 is 22.3. The van der Waals surface area contributed by atoms with Crippen molar-refractivity contribution >= 4 is 13.8 Å². The van der Waals surface area contributed by atoms with E-state index < -0.39 is 8.46 Å². The average Bonchev–Trinajstić information content (AvgIpc) is 1.90. The van der Waals surface area contributed by atoms with E-state index in [9.17, 15) is 8.96 Å². The van der Waals surface area contributed by atoms with Crippen LogP contribution >= 0.6 is 8.46 Å². The van der Waals surface area contributed by atoms with Crippen LogP contribution in [-0.2, 0) is 4.57 Å². The van der Waals surface area contributed by atoms with E-state index in [2.05, 4.69) is 0 Å². The van der Waals surface area contributed by atoms with Crippen molar-refractivity contribution in [2.24, 2.45) is 0 Å². The van der Waals surface area contributed by atoms with Gasteiger partial charge in [-0.2, -0.15) is 0 Å². The number of halogens is 1. The topological polar surface area (TPSA) is 17.1 Å². The summed E-state index contributed by atoms with van der Waals surface area (Å²) in [7, 11) is -0.490. The van der Waals surface area contributed by atoms with Crippen LogP contribution in [0.5, 0.6) is 0 Å². The largest absolute Gasteiger partial charge is 0.363 e. The fraction of sp³-hybridized carbons (Fsp3) is 0. The molecule has 0 aliphatic rings. The Morgan fingerprint density at radius 3 is 2.22 bits per heavy atom. The number of benzene rings is 1. The van der Waals surface area contributed by atoms with Gasteiger partial charge in [-0.05, 0) is 24.3 Å².